The van der Waals surface area contributed by atoms with Crippen LogP contribution in [0.2, 0.25) is 0 Å². The van der Waals surface area contributed by atoms with Crippen molar-refractivity contribution in [2.24, 2.45) is 11.8 Å². The molecule has 1 saturated carbocycles. The third-order valence-corrected chi connectivity index (χ3v) is 5.06. The summed E-state index contributed by atoms with van der Waals surface area (Å²) in [6.07, 6.45) is 2.25. The molecule has 1 aromatic heterocycles. The van der Waals surface area contributed by atoms with Gasteiger partial charge in [0.25, 0.3) is 10.0 Å². The van der Waals surface area contributed by atoms with Crippen LogP contribution in [0.1, 0.15) is 32.4 Å². The van der Waals surface area contributed by atoms with Crippen molar-refractivity contribution >= 4 is 10.0 Å². The molecule has 0 bridgehead atoms. The van der Waals surface area contributed by atoms with Crippen molar-refractivity contribution in [3.8, 4) is 0 Å². The first-order valence-electron chi connectivity index (χ1n) is 7.15. The van der Waals surface area contributed by atoms with E-state index in [0.29, 0.717) is 30.7 Å². The monoisotopic (exact) mass is 300 g/mol. The summed E-state index contributed by atoms with van der Waals surface area (Å²) in [5.74, 6) is 1.74. The standard InChI is InChI=1S/C14H24N2O3S/c1-11(2)8-15-9-13-6-7-14(19-13)20(17,18)16(3)10-12-4-5-12/h6-7,11-12,15H,4-5,8-10H2,1-3H3. The molecule has 0 amide bonds. The molecule has 1 heterocycles. The van der Waals surface area contributed by atoms with Crippen LogP contribution in [0, 0.1) is 11.8 Å². The molecule has 0 saturated heterocycles. The first-order valence-corrected chi connectivity index (χ1v) is 8.59. The number of hydrogen-bond acceptors (Lipinski definition) is 4. The molecule has 0 spiro atoms. The largest absolute Gasteiger partial charge is 0.447 e. The van der Waals surface area contributed by atoms with Gasteiger partial charge in [-0.25, -0.2) is 8.42 Å². The van der Waals surface area contributed by atoms with Crippen LogP contribution >= 0.6 is 0 Å². The van der Waals surface area contributed by atoms with Crippen molar-refractivity contribution in [3.05, 3.63) is 17.9 Å². The Morgan fingerprint density at radius 1 is 1.40 bits per heavy atom. The Kier molecular flexibility index (Phi) is 4.88. The van der Waals surface area contributed by atoms with E-state index >= 15 is 0 Å². The molecular formula is C14H24N2O3S. The number of furan rings is 1. The summed E-state index contributed by atoms with van der Waals surface area (Å²) in [6, 6.07) is 3.27. The van der Waals surface area contributed by atoms with Crippen molar-refractivity contribution in [1.29, 1.82) is 0 Å². The molecule has 1 N–H and O–H groups in total. The number of nitrogens with one attached hydrogen (secondary N) is 1. The summed E-state index contributed by atoms with van der Waals surface area (Å²) in [6.45, 7) is 6.27. The smallest absolute Gasteiger partial charge is 0.276 e. The fourth-order valence-electron chi connectivity index (χ4n) is 1.99. The zero-order valence-corrected chi connectivity index (χ0v) is 13.2. The van der Waals surface area contributed by atoms with Crippen LogP contribution in [0.3, 0.4) is 0 Å². The molecule has 0 aliphatic heterocycles. The van der Waals surface area contributed by atoms with Crippen LogP contribution in [-0.2, 0) is 16.6 Å². The van der Waals surface area contributed by atoms with E-state index in [9.17, 15) is 8.42 Å². The van der Waals surface area contributed by atoms with E-state index in [4.69, 9.17) is 4.42 Å². The topological polar surface area (TPSA) is 62.6 Å². The summed E-state index contributed by atoms with van der Waals surface area (Å²) in [4.78, 5) is 0. The van der Waals surface area contributed by atoms with Gasteiger partial charge in [0.2, 0.25) is 5.09 Å². The second-order valence-corrected chi connectivity index (χ2v) is 7.95. The Balaban J connectivity index is 1.95. The molecule has 0 aromatic carbocycles. The number of sulfonamides is 1. The van der Waals surface area contributed by atoms with Gasteiger partial charge < -0.3 is 9.73 Å². The third kappa shape index (κ3) is 4.07. The van der Waals surface area contributed by atoms with E-state index in [1.807, 2.05) is 0 Å². The van der Waals surface area contributed by atoms with Crippen LogP contribution in [0.25, 0.3) is 0 Å². The van der Waals surface area contributed by atoms with Crippen molar-refractivity contribution in [1.82, 2.24) is 9.62 Å². The molecule has 1 aliphatic carbocycles. The van der Waals surface area contributed by atoms with Gasteiger partial charge in [0.1, 0.15) is 5.76 Å². The van der Waals surface area contributed by atoms with Gasteiger partial charge >= 0.3 is 0 Å². The van der Waals surface area contributed by atoms with Gasteiger partial charge in [-0.05, 0) is 43.4 Å². The Morgan fingerprint density at radius 3 is 2.70 bits per heavy atom. The summed E-state index contributed by atoms with van der Waals surface area (Å²) in [5, 5.41) is 3.28. The number of hydrogen-bond donors (Lipinski definition) is 1. The van der Waals surface area contributed by atoms with Crippen LogP contribution < -0.4 is 5.32 Å². The summed E-state index contributed by atoms with van der Waals surface area (Å²) >= 11 is 0. The van der Waals surface area contributed by atoms with E-state index in [-0.39, 0.29) is 5.09 Å². The lowest BCUT2D eigenvalue weighted by molar-refractivity contribution is 0.374. The van der Waals surface area contributed by atoms with E-state index in [1.165, 1.54) is 4.31 Å². The minimum absolute atomic E-state index is 0.0435. The van der Waals surface area contributed by atoms with Gasteiger partial charge in [0.15, 0.2) is 0 Å². The maximum atomic E-state index is 12.3. The van der Waals surface area contributed by atoms with E-state index in [1.54, 1.807) is 19.2 Å². The van der Waals surface area contributed by atoms with Gasteiger partial charge in [-0.1, -0.05) is 13.8 Å². The normalized spacial score (nSPS) is 16.2. The lowest BCUT2D eigenvalue weighted by atomic mass is 10.2. The Morgan fingerprint density at radius 2 is 2.10 bits per heavy atom. The Hall–Kier alpha value is -0.850. The van der Waals surface area contributed by atoms with Gasteiger partial charge in [-0.3, -0.25) is 0 Å². The fourth-order valence-corrected chi connectivity index (χ4v) is 3.16. The zero-order chi connectivity index (χ0) is 14.8. The van der Waals surface area contributed by atoms with Crippen LogP contribution in [0.5, 0.6) is 0 Å². The summed E-state index contributed by atoms with van der Waals surface area (Å²) in [7, 11) is -1.86. The SMILES string of the molecule is CC(C)CNCc1ccc(S(=O)(=O)N(C)CC2CC2)o1. The maximum Gasteiger partial charge on any atom is 0.276 e. The van der Waals surface area contributed by atoms with Gasteiger partial charge in [0, 0.05) is 13.6 Å². The molecule has 1 fully saturated rings. The molecule has 1 aliphatic rings. The Labute approximate surface area is 121 Å². The lowest BCUT2D eigenvalue weighted by Crippen LogP contribution is -2.28. The lowest BCUT2D eigenvalue weighted by Gasteiger charge is -2.14. The van der Waals surface area contributed by atoms with E-state index in [0.717, 1.165) is 19.4 Å². The second-order valence-electron chi connectivity index (χ2n) is 5.97. The molecule has 0 atom stereocenters. The quantitative estimate of drug-likeness (QED) is 0.798. The fraction of sp³-hybridized carbons (Fsp3) is 0.714. The van der Waals surface area contributed by atoms with Crippen molar-refractivity contribution in [2.45, 2.75) is 38.3 Å². The maximum absolute atomic E-state index is 12.3. The predicted octanol–water partition coefficient (Wildman–Crippen LogP) is 2.06. The molecule has 0 radical (unpaired) electrons. The van der Waals surface area contributed by atoms with Gasteiger partial charge in [0.05, 0.1) is 6.54 Å². The van der Waals surface area contributed by atoms with Crippen molar-refractivity contribution < 1.29 is 12.8 Å². The minimum atomic E-state index is -3.48. The highest BCUT2D eigenvalue weighted by atomic mass is 32.2. The zero-order valence-electron chi connectivity index (χ0n) is 12.4. The van der Waals surface area contributed by atoms with Crippen molar-refractivity contribution in [3.63, 3.8) is 0 Å². The molecule has 1 aromatic rings. The summed E-state index contributed by atoms with van der Waals surface area (Å²) in [5.41, 5.74) is 0. The number of rotatable bonds is 8. The molecule has 2 rings (SSSR count). The van der Waals surface area contributed by atoms with Crippen molar-refractivity contribution in [2.75, 3.05) is 20.1 Å². The van der Waals surface area contributed by atoms with Gasteiger partial charge in [-0.2, -0.15) is 4.31 Å². The predicted molar refractivity (Wildman–Crippen MR) is 77.8 cm³/mol. The van der Waals surface area contributed by atoms with Crippen LogP contribution in [0.4, 0.5) is 0 Å². The van der Waals surface area contributed by atoms with Gasteiger partial charge in [-0.15, -0.1) is 0 Å². The first kappa shape index (κ1) is 15.5. The average Bonchev–Trinajstić information content (AvgIpc) is 3.04. The highest BCUT2D eigenvalue weighted by molar-refractivity contribution is 7.89. The van der Waals surface area contributed by atoms with E-state index < -0.39 is 10.0 Å². The van der Waals surface area contributed by atoms with E-state index in [2.05, 4.69) is 19.2 Å². The van der Waals surface area contributed by atoms with Crippen LogP contribution in [-0.4, -0.2) is 32.9 Å². The molecule has 5 nitrogen and oxygen atoms in total. The minimum Gasteiger partial charge on any atom is -0.447 e. The second kappa shape index (κ2) is 6.28. The Bertz CT molecular complexity index is 532. The molecule has 20 heavy (non-hydrogen) atoms. The highest BCUT2D eigenvalue weighted by Crippen LogP contribution is 2.31. The first-order chi connectivity index (χ1) is 9.39. The summed E-state index contributed by atoms with van der Waals surface area (Å²) < 4.78 is 31.5. The molecule has 0 unspecified atom stereocenters. The number of nitrogens with zero attached hydrogens (tertiary/aromatic N) is 1. The van der Waals surface area contributed by atoms with Crippen LogP contribution in [0.15, 0.2) is 21.6 Å². The highest BCUT2D eigenvalue weighted by Gasteiger charge is 2.30. The molecule has 6 heteroatoms. The average molecular weight is 300 g/mol. The third-order valence-electron chi connectivity index (χ3n) is 3.37. The molecule has 114 valence electrons. The molecular weight excluding hydrogens is 276 g/mol.